The molecule has 126 valence electrons. The van der Waals surface area contributed by atoms with Gasteiger partial charge < -0.3 is 16.1 Å². The van der Waals surface area contributed by atoms with E-state index in [0.29, 0.717) is 5.69 Å². The molecule has 2 rings (SSSR count). The largest absolute Gasteiger partial charge is 0.367 e. The maximum atomic E-state index is 11.2. The van der Waals surface area contributed by atoms with Crippen molar-refractivity contribution in [3.8, 4) is 5.69 Å². The van der Waals surface area contributed by atoms with Gasteiger partial charge in [0.25, 0.3) is 5.69 Å². The van der Waals surface area contributed by atoms with E-state index in [1.807, 2.05) is 18.2 Å². The molecule has 8 heteroatoms. The molecule has 0 amide bonds. The number of aromatic nitrogens is 1. The third-order valence-electron chi connectivity index (χ3n) is 3.09. The first-order chi connectivity index (χ1) is 12.1. The van der Waals surface area contributed by atoms with Gasteiger partial charge in [0.1, 0.15) is 5.69 Å². The summed E-state index contributed by atoms with van der Waals surface area (Å²) in [5.41, 5.74) is 9.48. The fraction of sp³-hybridized carbons (Fsp3) is 0. The van der Waals surface area contributed by atoms with Crippen LogP contribution in [0.15, 0.2) is 76.6 Å². The zero-order chi connectivity index (χ0) is 18.1. The monoisotopic (exact) mass is 336 g/mol. The molecule has 0 saturated heterocycles. The Bertz CT molecular complexity index is 901. The van der Waals surface area contributed by atoms with Crippen LogP contribution in [0, 0.1) is 10.1 Å². The molecule has 0 atom stereocenters. The van der Waals surface area contributed by atoms with Gasteiger partial charge in [-0.25, -0.2) is 4.99 Å². The van der Waals surface area contributed by atoms with Crippen LogP contribution < -0.4 is 11.6 Å². The van der Waals surface area contributed by atoms with E-state index in [1.165, 1.54) is 12.3 Å². The lowest BCUT2D eigenvalue weighted by atomic mass is 10.2. The fourth-order valence-electron chi connectivity index (χ4n) is 2.02. The van der Waals surface area contributed by atoms with E-state index in [-0.39, 0.29) is 11.6 Å². The number of para-hydroxylation sites is 2. The fourth-order valence-corrected chi connectivity index (χ4v) is 2.02. The van der Waals surface area contributed by atoms with Crippen LogP contribution in [0.25, 0.3) is 11.8 Å². The zero-order valence-electron chi connectivity index (χ0n) is 13.2. The maximum Gasteiger partial charge on any atom is 0.293 e. The number of nitrogens with two attached hydrogens (primary N) is 2. The SMILES string of the molecule is NN=C(N)N=CC=C=CC=Cc1cccn1-c1ccccc1[N+](=O)[O-]. The average Bonchev–Trinajstić information content (AvgIpc) is 3.08. The predicted octanol–water partition coefficient (Wildman–Crippen LogP) is 2.37. The lowest BCUT2D eigenvalue weighted by Gasteiger charge is -2.06. The molecule has 25 heavy (non-hydrogen) atoms. The molecule has 0 aliphatic carbocycles. The number of hydrazone groups is 1. The standard InChI is InChI=1S/C17H16N6O2/c18-17(21-19)20-12-6-2-1-3-8-14-9-7-13-22(14)15-10-4-5-11-16(15)23(24)25/h1,3-13H,19H2,(H2,18,21). The Labute approximate surface area is 143 Å². The van der Waals surface area contributed by atoms with Gasteiger partial charge in [-0.2, -0.15) is 0 Å². The molecular weight excluding hydrogens is 320 g/mol. The summed E-state index contributed by atoms with van der Waals surface area (Å²) in [6, 6.07) is 10.2. The van der Waals surface area contributed by atoms with Gasteiger partial charge in [0.2, 0.25) is 5.96 Å². The summed E-state index contributed by atoms with van der Waals surface area (Å²) in [5, 5.41) is 14.4. The number of nitro benzene ring substituents is 1. The van der Waals surface area contributed by atoms with Crippen molar-refractivity contribution in [1.29, 1.82) is 0 Å². The molecule has 1 aromatic carbocycles. The molecule has 0 aliphatic rings. The molecule has 0 spiro atoms. The van der Waals surface area contributed by atoms with Crippen LogP contribution in [0.5, 0.6) is 0 Å². The van der Waals surface area contributed by atoms with Gasteiger partial charge in [-0.05, 0) is 36.4 Å². The van der Waals surface area contributed by atoms with Crippen LogP contribution in [-0.2, 0) is 0 Å². The molecule has 8 nitrogen and oxygen atoms in total. The number of aliphatic imine (C=N–C) groups is 1. The van der Waals surface area contributed by atoms with Crippen molar-refractivity contribution in [3.05, 3.63) is 82.4 Å². The Morgan fingerprint density at radius 1 is 1.24 bits per heavy atom. The van der Waals surface area contributed by atoms with Crippen molar-refractivity contribution in [2.24, 2.45) is 21.7 Å². The van der Waals surface area contributed by atoms with Crippen molar-refractivity contribution in [2.75, 3.05) is 0 Å². The van der Waals surface area contributed by atoms with E-state index in [2.05, 4.69) is 15.8 Å². The third kappa shape index (κ3) is 4.78. The Kier molecular flexibility index (Phi) is 6.05. The topological polar surface area (TPSA) is 125 Å². The second kappa shape index (κ2) is 8.66. The molecule has 0 aliphatic heterocycles. The van der Waals surface area contributed by atoms with Crippen molar-refractivity contribution >= 4 is 23.9 Å². The molecule has 0 saturated carbocycles. The van der Waals surface area contributed by atoms with Crippen molar-refractivity contribution in [2.45, 2.75) is 0 Å². The molecule has 0 bridgehead atoms. The van der Waals surface area contributed by atoms with E-state index in [4.69, 9.17) is 11.6 Å². The minimum Gasteiger partial charge on any atom is -0.367 e. The molecule has 2 aromatic rings. The number of benzene rings is 1. The lowest BCUT2D eigenvalue weighted by molar-refractivity contribution is -0.384. The Morgan fingerprint density at radius 2 is 2.04 bits per heavy atom. The Hall–Kier alpha value is -3.90. The Balaban J connectivity index is 2.19. The van der Waals surface area contributed by atoms with Gasteiger partial charge in [-0.1, -0.05) is 18.2 Å². The summed E-state index contributed by atoms with van der Waals surface area (Å²) >= 11 is 0. The second-order valence-corrected chi connectivity index (χ2v) is 4.67. The minimum absolute atomic E-state index is 0.0316. The van der Waals surface area contributed by atoms with E-state index >= 15 is 0 Å². The average molecular weight is 336 g/mol. The van der Waals surface area contributed by atoms with E-state index in [1.54, 1.807) is 47.2 Å². The van der Waals surface area contributed by atoms with Crippen LogP contribution in [0.4, 0.5) is 5.69 Å². The summed E-state index contributed by atoms with van der Waals surface area (Å²) < 4.78 is 1.74. The van der Waals surface area contributed by atoms with Gasteiger partial charge in [0.15, 0.2) is 0 Å². The Morgan fingerprint density at radius 3 is 2.80 bits per heavy atom. The van der Waals surface area contributed by atoms with Gasteiger partial charge >= 0.3 is 0 Å². The number of hydrogen-bond donors (Lipinski definition) is 2. The zero-order valence-corrected chi connectivity index (χ0v) is 13.2. The minimum atomic E-state index is -0.402. The number of nitro groups is 1. The molecule has 0 unspecified atom stereocenters. The summed E-state index contributed by atoms with van der Waals surface area (Å²) in [6.45, 7) is 0. The number of rotatable bonds is 5. The summed E-state index contributed by atoms with van der Waals surface area (Å²) in [7, 11) is 0. The van der Waals surface area contributed by atoms with Crippen LogP contribution >= 0.6 is 0 Å². The highest BCUT2D eigenvalue weighted by atomic mass is 16.6. The van der Waals surface area contributed by atoms with E-state index in [9.17, 15) is 10.1 Å². The summed E-state index contributed by atoms with van der Waals surface area (Å²) in [6.07, 6.45) is 9.95. The number of nitrogens with zero attached hydrogens (tertiary/aromatic N) is 4. The molecule has 4 N–H and O–H groups in total. The summed E-state index contributed by atoms with van der Waals surface area (Å²) in [4.78, 5) is 14.5. The van der Waals surface area contributed by atoms with E-state index < -0.39 is 4.92 Å². The number of guanidine groups is 1. The quantitative estimate of drug-likeness (QED) is 0.165. The van der Waals surface area contributed by atoms with Crippen LogP contribution in [0.1, 0.15) is 5.69 Å². The first-order valence-corrected chi connectivity index (χ1v) is 7.20. The third-order valence-corrected chi connectivity index (χ3v) is 3.09. The smallest absolute Gasteiger partial charge is 0.293 e. The van der Waals surface area contributed by atoms with Crippen molar-refractivity contribution in [1.82, 2.24) is 4.57 Å². The van der Waals surface area contributed by atoms with Gasteiger partial charge in [-0.3, -0.25) is 10.1 Å². The first kappa shape index (κ1) is 17.5. The van der Waals surface area contributed by atoms with Gasteiger partial charge in [0, 0.05) is 24.2 Å². The maximum absolute atomic E-state index is 11.2. The highest BCUT2D eigenvalue weighted by Gasteiger charge is 2.14. The molecule has 1 heterocycles. The summed E-state index contributed by atoms with van der Waals surface area (Å²) in [5.74, 6) is 4.90. The number of allylic oxidation sites excluding steroid dienone is 2. The van der Waals surface area contributed by atoms with Crippen LogP contribution in [0.3, 0.4) is 0 Å². The highest BCUT2D eigenvalue weighted by Crippen LogP contribution is 2.24. The van der Waals surface area contributed by atoms with Crippen molar-refractivity contribution in [3.63, 3.8) is 0 Å². The van der Waals surface area contributed by atoms with Gasteiger partial charge in [0.05, 0.1) is 4.92 Å². The number of hydrogen-bond acceptors (Lipinski definition) is 4. The first-order valence-electron chi connectivity index (χ1n) is 7.20. The highest BCUT2D eigenvalue weighted by molar-refractivity contribution is 5.89. The predicted molar refractivity (Wildman–Crippen MR) is 98.4 cm³/mol. The lowest BCUT2D eigenvalue weighted by Crippen LogP contribution is -2.10. The normalized spacial score (nSPS) is 11.6. The van der Waals surface area contributed by atoms with Crippen LogP contribution in [-0.4, -0.2) is 21.7 Å². The molecular formula is C17H16N6O2. The second-order valence-electron chi connectivity index (χ2n) is 4.67. The molecule has 1 aromatic heterocycles. The van der Waals surface area contributed by atoms with Gasteiger partial charge in [-0.15, -0.1) is 10.8 Å². The van der Waals surface area contributed by atoms with E-state index in [0.717, 1.165) is 5.69 Å². The molecule has 0 fully saturated rings. The van der Waals surface area contributed by atoms with Crippen LogP contribution in [0.2, 0.25) is 0 Å². The van der Waals surface area contributed by atoms with Crippen molar-refractivity contribution < 1.29 is 4.92 Å². The molecule has 0 radical (unpaired) electrons.